The van der Waals surface area contributed by atoms with E-state index in [9.17, 15) is 41.7 Å². The first-order valence-corrected chi connectivity index (χ1v) is 40.6. The Morgan fingerprint density at radius 3 is 0.556 bits per heavy atom. The molecule has 0 spiro atoms. The zero-order valence-corrected chi connectivity index (χ0v) is 72.7. The summed E-state index contributed by atoms with van der Waals surface area (Å²) in [6, 6.07) is -2.54. The maximum atomic E-state index is 14.8. The van der Waals surface area contributed by atoms with Gasteiger partial charge < -0.3 is 30.2 Å². The fourth-order valence-electron chi connectivity index (χ4n) is 23.3. The molecule has 2 aromatic heterocycles. The molecule has 28 nitrogen and oxygen atoms in total. The van der Waals surface area contributed by atoms with Crippen LogP contribution in [0.3, 0.4) is 0 Å². The van der Waals surface area contributed by atoms with Crippen molar-refractivity contribution in [3.63, 3.8) is 0 Å². The summed E-state index contributed by atoms with van der Waals surface area (Å²) in [5.74, 6) is 2.08. The van der Waals surface area contributed by atoms with Crippen LogP contribution in [0.5, 0.6) is 0 Å². The minimum atomic E-state index is -0.895. The SMILES string of the molecule is CC1(C)CC(Nc2nc(N(CCN(c3nc(NC4CC(C)(C)N([O])C(C)(C)C4)nc(N(C4CC(C)(C)N([O])C(C)(C)C4)C4CC(C)(C)N([O])C(C)(C)C4)n3)C3CC(C)(C)N([O])C(C)(C)C3)C3CC(C)(C)N([O])C(C)(C)C3)nc(N(C3CC(C)(C)N([O])C(C)(C)C3)C3CC(C)(C)N([O])C(C)(C)C3)n2)CC(C)(C)N1[O]. The van der Waals surface area contributed by atoms with E-state index >= 15 is 0 Å². The number of nitrogens with zero attached hydrogens (tertiary/aromatic N) is 18. The highest BCUT2D eigenvalue weighted by Crippen LogP contribution is 2.51. The van der Waals surface area contributed by atoms with Crippen molar-refractivity contribution in [1.29, 1.82) is 0 Å². The molecule has 610 valence electrons. The van der Waals surface area contributed by atoms with Gasteiger partial charge in [0.25, 0.3) is 0 Å². The third-order valence-electron chi connectivity index (χ3n) is 26.5. The highest BCUT2D eigenvalue weighted by molar-refractivity contribution is 5.52. The van der Waals surface area contributed by atoms with Gasteiger partial charge in [0.15, 0.2) is 0 Å². The maximum absolute atomic E-state index is 14.8. The van der Waals surface area contributed by atoms with Crippen LogP contribution in [-0.4, -0.2) is 220 Å². The Morgan fingerprint density at radius 1 is 0.231 bits per heavy atom. The van der Waals surface area contributed by atoms with Crippen LogP contribution in [-0.2, 0) is 41.7 Å². The van der Waals surface area contributed by atoms with Gasteiger partial charge in [0.05, 0.1) is 0 Å². The van der Waals surface area contributed by atoms with Crippen molar-refractivity contribution in [3.8, 4) is 0 Å². The topological polar surface area (TPSA) is 299 Å². The van der Waals surface area contributed by atoms with Crippen LogP contribution in [0.15, 0.2) is 0 Å². The second-order valence-electron chi connectivity index (χ2n) is 44.9. The summed E-state index contributed by atoms with van der Waals surface area (Å²) in [4.78, 5) is 43.3. The van der Waals surface area contributed by atoms with Gasteiger partial charge in [-0.15, -0.1) is 82.2 Å². The highest BCUT2D eigenvalue weighted by atomic mass is 16.5. The largest absolute Gasteiger partial charge is 0.351 e. The number of piperidine rings is 8. The predicted molar refractivity (Wildman–Crippen MR) is 416 cm³/mol. The van der Waals surface area contributed by atoms with Gasteiger partial charge in [0.1, 0.15) is 0 Å². The number of nitrogens with one attached hydrogen (secondary N) is 2. The lowest BCUT2D eigenvalue weighted by Gasteiger charge is -2.57. The highest BCUT2D eigenvalue weighted by Gasteiger charge is 2.59. The molecule has 10 heterocycles. The van der Waals surface area contributed by atoms with Crippen molar-refractivity contribution >= 4 is 35.7 Å². The van der Waals surface area contributed by atoms with Crippen molar-refractivity contribution in [3.05, 3.63) is 0 Å². The summed E-state index contributed by atoms with van der Waals surface area (Å²) in [5.41, 5.74) is -13.3. The van der Waals surface area contributed by atoms with Crippen molar-refractivity contribution < 1.29 is 41.7 Å². The number of rotatable bonds is 17. The first-order valence-electron chi connectivity index (χ1n) is 40.6. The van der Waals surface area contributed by atoms with Crippen LogP contribution >= 0.6 is 0 Å². The Morgan fingerprint density at radius 2 is 0.380 bits per heavy atom. The molecule has 2 N–H and O–H groups in total. The Bertz CT molecular complexity index is 3090. The average molecular weight is 1510 g/mol. The molecule has 0 atom stereocenters. The van der Waals surface area contributed by atoms with Crippen LogP contribution < -0.4 is 30.2 Å². The molecule has 0 bridgehead atoms. The standard InChI is InChI=1S/C80H142N20O8/c1-65(2)35-51(36-66(3,4)93(65)101)81-59-83-61(87-63(85-59)91(55-43-73(17,18)97(105)74(19,20)44-55)56-45-75(21,22)98(106)76(23,24)46-56)89(53-39-69(9,10)95(103)70(11,12)40-53)33-34-90(54-41-71(13,14)96(104)72(15,16)42-54)62-84-60(82-52-37-67(5,6)94(102)68(7,8)38-52)86-64(88-62)92(57-47-77(25,26)99(107)78(27,28)48-57)58-49-79(29,30)100(108)80(31,32)50-58/h51-58H,33-50H2,1-32H3,(H,81,83,85,87)(H,82,84,86,88). The first kappa shape index (κ1) is 86.6. The second-order valence-corrected chi connectivity index (χ2v) is 44.9. The van der Waals surface area contributed by atoms with E-state index in [0.717, 1.165) is 0 Å². The van der Waals surface area contributed by atoms with Crippen LogP contribution in [0, 0.1) is 0 Å². The summed E-state index contributed by atoms with van der Waals surface area (Å²) in [6.07, 6.45) is 7.18. The molecule has 8 fully saturated rings. The van der Waals surface area contributed by atoms with E-state index in [0.29, 0.717) is 138 Å². The van der Waals surface area contributed by atoms with Gasteiger partial charge >= 0.3 is 0 Å². The smallest absolute Gasteiger partial charge is 0.232 e. The number of aromatic nitrogens is 6. The van der Waals surface area contributed by atoms with Crippen LogP contribution in [0.2, 0.25) is 0 Å². The minimum Gasteiger partial charge on any atom is -0.351 e. The van der Waals surface area contributed by atoms with E-state index in [4.69, 9.17) is 29.9 Å². The maximum Gasteiger partial charge on any atom is 0.232 e. The van der Waals surface area contributed by atoms with Crippen molar-refractivity contribution in [2.75, 3.05) is 43.3 Å². The molecular formula is C80H142N20O8. The number of anilines is 6. The molecule has 0 aromatic carbocycles. The van der Waals surface area contributed by atoms with Crippen LogP contribution in [0.25, 0.3) is 0 Å². The number of hydroxylamine groups is 16. The third kappa shape index (κ3) is 16.8. The van der Waals surface area contributed by atoms with Gasteiger partial charge in [-0.2, -0.15) is 29.9 Å². The van der Waals surface area contributed by atoms with Crippen LogP contribution in [0.1, 0.15) is 324 Å². The molecule has 8 saturated heterocycles. The fourth-order valence-corrected chi connectivity index (χ4v) is 23.3. The molecular weight excluding hydrogens is 1370 g/mol. The Kier molecular flexibility index (Phi) is 22.4. The van der Waals surface area contributed by atoms with Crippen LogP contribution in [0.4, 0.5) is 35.7 Å². The molecule has 8 aliphatic heterocycles. The van der Waals surface area contributed by atoms with Crippen molar-refractivity contribution in [2.24, 2.45) is 0 Å². The molecule has 0 aliphatic carbocycles. The lowest BCUT2D eigenvalue weighted by Crippen LogP contribution is -2.67. The van der Waals surface area contributed by atoms with Gasteiger partial charge in [-0.05, 0) is 324 Å². The molecule has 0 unspecified atom stereocenters. The van der Waals surface area contributed by atoms with E-state index in [1.165, 1.54) is 40.5 Å². The van der Waals surface area contributed by atoms with Gasteiger partial charge in [-0.3, -0.25) is 0 Å². The van der Waals surface area contributed by atoms with Gasteiger partial charge in [-0.25, -0.2) is 0 Å². The van der Waals surface area contributed by atoms with E-state index in [1.54, 1.807) is 0 Å². The summed E-state index contributed by atoms with van der Waals surface area (Å²) >= 11 is 0. The van der Waals surface area contributed by atoms with Gasteiger partial charge in [0, 0.05) is 150 Å². The van der Waals surface area contributed by atoms with E-state index in [2.05, 4.69) is 30.2 Å². The molecule has 108 heavy (non-hydrogen) atoms. The molecule has 10 rings (SSSR count). The fraction of sp³-hybridized carbons (Fsp3) is 0.925. The lowest BCUT2D eigenvalue weighted by atomic mass is 9.74. The summed E-state index contributed by atoms with van der Waals surface area (Å²) < 4.78 is 0. The van der Waals surface area contributed by atoms with E-state index in [-0.39, 0.29) is 49.3 Å². The summed E-state index contributed by atoms with van der Waals surface area (Å²) in [5, 5.41) is 134. The zero-order valence-electron chi connectivity index (χ0n) is 72.7. The molecule has 0 saturated carbocycles. The zero-order chi connectivity index (χ0) is 81.4. The third-order valence-corrected chi connectivity index (χ3v) is 26.5. The Labute approximate surface area is 649 Å². The Hall–Kier alpha value is -3.82. The average Bonchev–Trinajstić information content (AvgIpc) is 0.740. The van der Waals surface area contributed by atoms with Gasteiger partial charge in [0.2, 0.25) is 35.7 Å². The molecule has 28 heteroatoms. The molecule has 2 aromatic rings. The number of hydrogen-bond acceptors (Lipinski definition) is 20. The van der Waals surface area contributed by atoms with Crippen molar-refractivity contribution in [1.82, 2.24) is 70.4 Å². The first-order chi connectivity index (χ1) is 48.6. The van der Waals surface area contributed by atoms with E-state index in [1.807, 2.05) is 222 Å². The molecule has 8 radical (unpaired) electrons. The summed E-state index contributed by atoms with van der Waals surface area (Å²) in [7, 11) is 0. The predicted octanol–water partition coefficient (Wildman–Crippen LogP) is 13.7. The number of hydrogen-bond donors (Lipinski definition) is 2. The van der Waals surface area contributed by atoms with Gasteiger partial charge in [-0.1, -0.05) is 0 Å². The minimum absolute atomic E-state index is 0.224. The quantitative estimate of drug-likeness (QED) is 0.149. The molecule has 8 aliphatic rings. The Balaban J connectivity index is 1.24. The van der Waals surface area contributed by atoms with E-state index < -0.39 is 101 Å². The second kappa shape index (κ2) is 28.0. The lowest BCUT2D eigenvalue weighted by molar-refractivity contribution is -0.294. The molecule has 0 amide bonds. The normalized spacial score (nSPS) is 29.4. The monoisotopic (exact) mass is 1510 g/mol. The summed E-state index contributed by atoms with van der Waals surface area (Å²) in [6.45, 7) is 64.3. The van der Waals surface area contributed by atoms with Crippen molar-refractivity contribution in [2.45, 2.75) is 461 Å².